The van der Waals surface area contributed by atoms with E-state index in [4.69, 9.17) is 11.6 Å². The number of nitrogens with zero attached hydrogens (tertiary/aromatic N) is 2. The molecule has 0 spiro atoms. The molecule has 3 nitrogen and oxygen atoms in total. The van der Waals surface area contributed by atoms with Crippen LogP contribution in [0.5, 0.6) is 0 Å². The Bertz CT molecular complexity index is 1160. The molecule has 0 aliphatic carbocycles. The third kappa shape index (κ3) is 2.44. The van der Waals surface area contributed by atoms with Gasteiger partial charge in [0, 0.05) is 12.4 Å². The van der Waals surface area contributed by atoms with E-state index in [2.05, 4.69) is 29.3 Å². The van der Waals surface area contributed by atoms with Gasteiger partial charge in [-0.2, -0.15) is 4.99 Å². The summed E-state index contributed by atoms with van der Waals surface area (Å²) in [5.74, 6) is -0.327. The van der Waals surface area contributed by atoms with Crippen molar-refractivity contribution in [2.24, 2.45) is 12.0 Å². The zero-order valence-corrected chi connectivity index (χ0v) is 14.4. The molecule has 0 N–H and O–H groups in total. The molecule has 0 aliphatic heterocycles. The number of thiazole rings is 1. The van der Waals surface area contributed by atoms with E-state index in [1.54, 1.807) is 24.3 Å². The van der Waals surface area contributed by atoms with Crippen molar-refractivity contribution in [2.75, 3.05) is 0 Å². The maximum Gasteiger partial charge on any atom is 0.281 e. The normalized spacial score (nSPS) is 12.2. The Morgan fingerprint density at radius 1 is 1.04 bits per heavy atom. The molecule has 0 fully saturated rings. The molecule has 0 saturated heterocycles. The van der Waals surface area contributed by atoms with Gasteiger partial charge in [0.05, 0.1) is 20.8 Å². The summed E-state index contributed by atoms with van der Waals surface area (Å²) < 4.78 is 3.07. The van der Waals surface area contributed by atoms with Crippen molar-refractivity contribution in [3.8, 4) is 0 Å². The number of amides is 1. The maximum absolute atomic E-state index is 12.5. The average molecular weight is 353 g/mol. The fourth-order valence-corrected chi connectivity index (χ4v) is 4.06. The smallest absolute Gasteiger partial charge is 0.281 e. The van der Waals surface area contributed by atoms with Gasteiger partial charge in [0.25, 0.3) is 5.91 Å². The molecule has 0 saturated carbocycles. The van der Waals surface area contributed by atoms with E-state index in [-0.39, 0.29) is 5.91 Å². The van der Waals surface area contributed by atoms with Crippen LogP contribution in [0.3, 0.4) is 0 Å². The lowest BCUT2D eigenvalue weighted by Crippen LogP contribution is -2.13. The van der Waals surface area contributed by atoms with Gasteiger partial charge in [-0.25, -0.2) is 0 Å². The Morgan fingerprint density at radius 3 is 2.62 bits per heavy atom. The number of halogens is 1. The zero-order chi connectivity index (χ0) is 16.7. The molecular formula is C19H13ClN2OS. The first-order valence-corrected chi connectivity index (χ1v) is 8.65. The van der Waals surface area contributed by atoms with E-state index in [0.29, 0.717) is 15.4 Å². The highest BCUT2D eigenvalue weighted by Gasteiger charge is 2.11. The monoisotopic (exact) mass is 352 g/mol. The third-order valence-corrected chi connectivity index (χ3v) is 5.42. The number of aromatic nitrogens is 1. The Morgan fingerprint density at radius 2 is 1.79 bits per heavy atom. The molecule has 3 aromatic carbocycles. The van der Waals surface area contributed by atoms with Gasteiger partial charge in [0.15, 0.2) is 4.80 Å². The number of rotatable bonds is 1. The quantitative estimate of drug-likeness (QED) is 0.485. The van der Waals surface area contributed by atoms with Gasteiger partial charge in [-0.05, 0) is 23.6 Å². The minimum absolute atomic E-state index is 0.327. The number of hydrogen-bond donors (Lipinski definition) is 0. The predicted molar refractivity (Wildman–Crippen MR) is 99.6 cm³/mol. The van der Waals surface area contributed by atoms with E-state index in [1.807, 2.05) is 23.7 Å². The van der Waals surface area contributed by atoms with E-state index in [0.717, 1.165) is 15.6 Å². The minimum atomic E-state index is -0.327. The third-order valence-electron chi connectivity index (χ3n) is 3.99. The van der Waals surface area contributed by atoms with Gasteiger partial charge in [0.2, 0.25) is 0 Å². The summed E-state index contributed by atoms with van der Waals surface area (Å²) in [6.45, 7) is 0. The molecule has 0 unspecified atom stereocenters. The first-order chi connectivity index (χ1) is 11.6. The molecule has 0 aliphatic rings. The number of aryl methyl sites for hydroxylation is 1. The average Bonchev–Trinajstić information content (AvgIpc) is 2.91. The highest BCUT2D eigenvalue weighted by molar-refractivity contribution is 7.16. The molecule has 1 heterocycles. The summed E-state index contributed by atoms with van der Waals surface area (Å²) in [6, 6.07) is 19.3. The molecule has 24 heavy (non-hydrogen) atoms. The van der Waals surface area contributed by atoms with Crippen molar-refractivity contribution in [2.45, 2.75) is 0 Å². The van der Waals surface area contributed by atoms with Crippen LogP contribution in [-0.2, 0) is 7.05 Å². The topological polar surface area (TPSA) is 34.4 Å². The highest BCUT2D eigenvalue weighted by atomic mass is 35.5. The molecule has 1 aromatic heterocycles. The number of fused-ring (bicyclic) bond motifs is 3. The number of benzene rings is 3. The van der Waals surface area contributed by atoms with Crippen LogP contribution in [0.15, 0.2) is 65.7 Å². The summed E-state index contributed by atoms with van der Waals surface area (Å²) >= 11 is 7.60. The van der Waals surface area contributed by atoms with Gasteiger partial charge in [-0.3, -0.25) is 4.79 Å². The Balaban J connectivity index is 1.95. The van der Waals surface area contributed by atoms with Gasteiger partial charge >= 0.3 is 0 Å². The van der Waals surface area contributed by atoms with Gasteiger partial charge in [0.1, 0.15) is 0 Å². The van der Waals surface area contributed by atoms with E-state index < -0.39 is 0 Å². The van der Waals surface area contributed by atoms with Gasteiger partial charge in [-0.1, -0.05) is 65.4 Å². The molecule has 1 amide bonds. The second kappa shape index (κ2) is 5.89. The Labute approximate surface area is 147 Å². The SMILES string of the molecule is Cn1c(=NC(=O)c2ccccc2Cl)sc2ccc3ccccc3c21. The van der Waals surface area contributed by atoms with Crippen molar-refractivity contribution >= 4 is 49.8 Å². The first-order valence-electron chi connectivity index (χ1n) is 7.46. The van der Waals surface area contributed by atoms with Gasteiger partial charge < -0.3 is 4.57 Å². The molecule has 5 heteroatoms. The van der Waals surface area contributed by atoms with Crippen LogP contribution in [0, 0.1) is 0 Å². The standard InChI is InChI=1S/C19H13ClN2OS/c1-22-17-13-7-3-2-6-12(13)10-11-16(17)24-19(22)21-18(23)14-8-4-5-9-15(14)20/h2-11H,1H3. The number of hydrogen-bond acceptors (Lipinski definition) is 2. The molecule has 0 radical (unpaired) electrons. The van der Waals surface area contributed by atoms with Crippen molar-refractivity contribution in [1.82, 2.24) is 4.57 Å². The minimum Gasteiger partial charge on any atom is -0.319 e. The second-order valence-corrected chi connectivity index (χ2v) is 6.89. The summed E-state index contributed by atoms with van der Waals surface area (Å²) in [4.78, 5) is 17.4. The van der Waals surface area contributed by atoms with Crippen LogP contribution in [0.4, 0.5) is 0 Å². The van der Waals surface area contributed by atoms with Crippen LogP contribution in [0.1, 0.15) is 10.4 Å². The van der Waals surface area contributed by atoms with Crippen molar-refractivity contribution in [3.63, 3.8) is 0 Å². The van der Waals surface area contributed by atoms with Crippen molar-refractivity contribution in [3.05, 3.63) is 76.1 Å². The first kappa shape index (κ1) is 15.1. The van der Waals surface area contributed by atoms with Gasteiger partial charge in [-0.15, -0.1) is 0 Å². The summed E-state index contributed by atoms with van der Waals surface area (Å²) in [5, 5.41) is 2.74. The summed E-state index contributed by atoms with van der Waals surface area (Å²) in [6.07, 6.45) is 0. The Kier molecular flexibility index (Phi) is 3.71. The number of carbonyl (C=O) groups is 1. The lowest BCUT2D eigenvalue weighted by atomic mass is 10.1. The van der Waals surface area contributed by atoms with E-state index in [9.17, 15) is 4.79 Å². The molecule has 0 bridgehead atoms. The lowest BCUT2D eigenvalue weighted by molar-refractivity contribution is 0.0998. The summed E-state index contributed by atoms with van der Waals surface area (Å²) in [7, 11) is 1.93. The molecular weight excluding hydrogens is 340 g/mol. The Hall–Kier alpha value is -2.43. The molecule has 4 aromatic rings. The van der Waals surface area contributed by atoms with Crippen LogP contribution < -0.4 is 4.80 Å². The molecule has 118 valence electrons. The summed E-state index contributed by atoms with van der Waals surface area (Å²) in [5.41, 5.74) is 1.50. The van der Waals surface area contributed by atoms with Crippen LogP contribution >= 0.6 is 22.9 Å². The number of carbonyl (C=O) groups excluding carboxylic acids is 1. The largest absolute Gasteiger partial charge is 0.319 e. The fourth-order valence-electron chi connectivity index (χ4n) is 2.81. The van der Waals surface area contributed by atoms with E-state index >= 15 is 0 Å². The van der Waals surface area contributed by atoms with Crippen LogP contribution in [-0.4, -0.2) is 10.5 Å². The fraction of sp³-hybridized carbons (Fsp3) is 0.0526. The molecule has 4 rings (SSSR count). The highest BCUT2D eigenvalue weighted by Crippen LogP contribution is 2.26. The predicted octanol–water partition coefficient (Wildman–Crippen LogP) is 4.79. The lowest BCUT2D eigenvalue weighted by Gasteiger charge is -2.02. The van der Waals surface area contributed by atoms with Crippen LogP contribution in [0.25, 0.3) is 21.0 Å². The van der Waals surface area contributed by atoms with Crippen LogP contribution in [0.2, 0.25) is 5.02 Å². The van der Waals surface area contributed by atoms with Crippen molar-refractivity contribution < 1.29 is 4.79 Å². The maximum atomic E-state index is 12.5. The van der Waals surface area contributed by atoms with Crippen molar-refractivity contribution in [1.29, 1.82) is 0 Å². The second-order valence-electron chi connectivity index (χ2n) is 5.47. The molecule has 0 atom stereocenters. The van der Waals surface area contributed by atoms with E-state index in [1.165, 1.54) is 16.7 Å². The zero-order valence-electron chi connectivity index (χ0n) is 12.9.